The SMILES string of the molecule is COc1ccc2nc(Cl)c(/C=C(\C#N)C(=O)N[C@@H]3CCCC[C@@H]3C)cc2c1. The number of benzene rings is 1. The maximum atomic E-state index is 12.6. The minimum absolute atomic E-state index is 0.0266. The number of carbonyl (C=O) groups is 1. The maximum absolute atomic E-state index is 12.6. The van der Waals surface area contributed by atoms with Crippen molar-refractivity contribution in [3.63, 3.8) is 0 Å². The third-order valence-electron chi connectivity index (χ3n) is 5.10. The van der Waals surface area contributed by atoms with Crippen LogP contribution in [0.25, 0.3) is 17.0 Å². The molecule has 1 amide bonds. The van der Waals surface area contributed by atoms with Gasteiger partial charge in [-0.1, -0.05) is 31.4 Å². The van der Waals surface area contributed by atoms with Crippen molar-refractivity contribution >= 4 is 34.5 Å². The van der Waals surface area contributed by atoms with E-state index in [0.717, 1.165) is 30.2 Å². The zero-order chi connectivity index (χ0) is 19.4. The van der Waals surface area contributed by atoms with E-state index >= 15 is 0 Å². The lowest BCUT2D eigenvalue weighted by Crippen LogP contribution is -2.41. The average Bonchev–Trinajstić information content (AvgIpc) is 2.67. The van der Waals surface area contributed by atoms with Gasteiger partial charge in [0, 0.05) is 17.0 Å². The molecule has 5 nitrogen and oxygen atoms in total. The third-order valence-corrected chi connectivity index (χ3v) is 5.40. The molecule has 2 aromatic rings. The molecule has 140 valence electrons. The number of rotatable bonds is 4. The lowest BCUT2D eigenvalue weighted by atomic mass is 9.86. The molecular formula is C21H22ClN3O2. The number of carbonyl (C=O) groups excluding carboxylic acids is 1. The van der Waals surface area contributed by atoms with Crippen molar-refractivity contribution in [1.29, 1.82) is 5.26 Å². The number of hydrogen-bond acceptors (Lipinski definition) is 4. The molecule has 0 aliphatic heterocycles. The zero-order valence-corrected chi connectivity index (χ0v) is 16.2. The predicted octanol–water partition coefficient (Wildman–Crippen LogP) is 4.50. The second-order valence-electron chi connectivity index (χ2n) is 6.94. The van der Waals surface area contributed by atoms with Crippen molar-refractivity contribution in [2.75, 3.05) is 7.11 Å². The molecule has 1 aliphatic rings. The number of halogens is 1. The molecule has 0 radical (unpaired) electrons. The summed E-state index contributed by atoms with van der Waals surface area (Å²) < 4.78 is 5.23. The number of fused-ring (bicyclic) bond motifs is 1. The first-order valence-corrected chi connectivity index (χ1v) is 9.46. The molecule has 1 aliphatic carbocycles. The molecule has 0 saturated heterocycles. The van der Waals surface area contributed by atoms with E-state index in [1.807, 2.05) is 18.2 Å². The van der Waals surface area contributed by atoms with Crippen LogP contribution in [0.3, 0.4) is 0 Å². The number of amides is 1. The number of aromatic nitrogens is 1. The van der Waals surface area contributed by atoms with Gasteiger partial charge in [0.2, 0.25) is 0 Å². The van der Waals surface area contributed by atoms with Gasteiger partial charge in [0.25, 0.3) is 5.91 Å². The first-order valence-electron chi connectivity index (χ1n) is 9.08. The fourth-order valence-corrected chi connectivity index (χ4v) is 3.66. The quantitative estimate of drug-likeness (QED) is 0.479. The van der Waals surface area contributed by atoms with E-state index in [1.165, 1.54) is 12.5 Å². The van der Waals surface area contributed by atoms with Gasteiger partial charge in [0.15, 0.2) is 0 Å². The van der Waals surface area contributed by atoms with Crippen LogP contribution in [-0.2, 0) is 4.79 Å². The van der Waals surface area contributed by atoms with Gasteiger partial charge in [-0.05, 0) is 49.1 Å². The summed E-state index contributed by atoms with van der Waals surface area (Å²) in [5, 5.41) is 13.6. The summed E-state index contributed by atoms with van der Waals surface area (Å²) in [7, 11) is 1.59. The van der Waals surface area contributed by atoms with Gasteiger partial charge in [0.1, 0.15) is 22.5 Å². The standard InChI is InChI=1S/C21H22ClN3O2/c1-13-5-3-4-6-18(13)25-21(26)16(12-23)10-15-9-14-11-17(27-2)7-8-19(14)24-20(15)22/h7-11,13,18H,3-6H2,1-2H3,(H,25,26)/b16-10+/t13-,18+/m0/s1. The average molecular weight is 384 g/mol. The van der Waals surface area contributed by atoms with Gasteiger partial charge < -0.3 is 10.1 Å². The summed E-state index contributed by atoms with van der Waals surface area (Å²) in [6.07, 6.45) is 5.83. The monoisotopic (exact) mass is 383 g/mol. The van der Waals surface area contributed by atoms with E-state index in [4.69, 9.17) is 16.3 Å². The van der Waals surface area contributed by atoms with E-state index in [9.17, 15) is 10.1 Å². The van der Waals surface area contributed by atoms with Crippen molar-refractivity contribution in [1.82, 2.24) is 10.3 Å². The molecule has 3 rings (SSSR count). The summed E-state index contributed by atoms with van der Waals surface area (Å²) in [6.45, 7) is 2.14. The molecule has 0 bridgehead atoms. The largest absolute Gasteiger partial charge is 0.497 e. The van der Waals surface area contributed by atoms with Crippen LogP contribution in [-0.4, -0.2) is 24.0 Å². The van der Waals surface area contributed by atoms with Crippen LogP contribution in [0.4, 0.5) is 0 Å². The van der Waals surface area contributed by atoms with Crippen molar-refractivity contribution < 1.29 is 9.53 Å². The summed E-state index contributed by atoms with van der Waals surface area (Å²) in [4.78, 5) is 16.9. The first-order chi connectivity index (χ1) is 13.0. The minimum Gasteiger partial charge on any atom is -0.497 e. The summed E-state index contributed by atoms with van der Waals surface area (Å²) in [5.41, 5.74) is 1.27. The number of nitriles is 1. The Morgan fingerprint density at radius 3 is 2.85 bits per heavy atom. The second-order valence-corrected chi connectivity index (χ2v) is 7.30. The van der Waals surface area contributed by atoms with Crippen LogP contribution >= 0.6 is 11.6 Å². The molecule has 1 aromatic carbocycles. The molecule has 1 N–H and O–H groups in total. The normalized spacial score (nSPS) is 20.1. The van der Waals surface area contributed by atoms with Crippen molar-refractivity contribution in [2.24, 2.45) is 5.92 Å². The lowest BCUT2D eigenvalue weighted by Gasteiger charge is -2.29. The Morgan fingerprint density at radius 1 is 1.37 bits per heavy atom. The number of nitrogens with one attached hydrogen (secondary N) is 1. The van der Waals surface area contributed by atoms with E-state index < -0.39 is 0 Å². The van der Waals surface area contributed by atoms with Crippen LogP contribution in [0.1, 0.15) is 38.2 Å². The van der Waals surface area contributed by atoms with Crippen LogP contribution in [0.5, 0.6) is 5.75 Å². The number of ether oxygens (including phenoxy) is 1. The van der Waals surface area contributed by atoms with E-state index in [2.05, 4.69) is 17.2 Å². The molecular weight excluding hydrogens is 362 g/mol. The van der Waals surface area contributed by atoms with E-state index in [1.54, 1.807) is 19.2 Å². The van der Waals surface area contributed by atoms with Gasteiger partial charge in [0.05, 0.1) is 12.6 Å². The van der Waals surface area contributed by atoms with Crippen LogP contribution in [0.15, 0.2) is 29.8 Å². The molecule has 1 saturated carbocycles. The Morgan fingerprint density at radius 2 is 2.15 bits per heavy atom. The Kier molecular flexibility index (Phi) is 5.98. The minimum atomic E-state index is -0.363. The molecule has 2 atom stereocenters. The van der Waals surface area contributed by atoms with Crippen LogP contribution < -0.4 is 10.1 Å². The molecule has 27 heavy (non-hydrogen) atoms. The topological polar surface area (TPSA) is 75.0 Å². The molecule has 1 aromatic heterocycles. The van der Waals surface area contributed by atoms with Crippen molar-refractivity contribution in [3.8, 4) is 11.8 Å². The van der Waals surface area contributed by atoms with Crippen molar-refractivity contribution in [3.05, 3.63) is 40.6 Å². The summed E-state index contributed by atoms with van der Waals surface area (Å²) in [5.74, 6) is 0.755. The molecule has 6 heteroatoms. The van der Waals surface area contributed by atoms with Crippen LogP contribution in [0.2, 0.25) is 5.15 Å². The van der Waals surface area contributed by atoms with Gasteiger partial charge >= 0.3 is 0 Å². The predicted molar refractivity (Wildman–Crippen MR) is 106 cm³/mol. The van der Waals surface area contributed by atoms with Gasteiger partial charge in [-0.3, -0.25) is 4.79 Å². The second kappa shape index (κ2) is 8.41. The summed E-state index contributed by atoms with van der Waals surface area (Å²) in [6, 6.07) is 9.37. The van der Waals surface area contributed by atoms with Gasteiger partial charge in [-0.2, -0.15) is 5.26 Å². The Hall–Kier alpha value is -2.58. The highest BCUT2D eigenvalue weighted by Crippen LogP contribution is 2.27. The molecule has 0 spiro atoms. The Bertz CT molecular complexity index is 933. The van der Waals surface area contributed by atoms with E-state index in [-0.39, 0.29) is 22.7 Å². The van der Waals surface area contributed by atoms with Crippen molar-refractivity contribution in [2.45, 2.75) is 38.6 Å². The Labute approximate surface area is 164 Å². The number of hydrogen-bond donors (Lipinski definition) is 1. The highest BCUT2D eigenvalue weighted by atomic mass is 35.5. The zero-order valence-electron chi connectivity index (χ0n) is 15.5. The molecule has 1 fully saturated rings. The van der Waals surface area contributed by atoms with E-state index in [0.29, 0.717) is 17.2 Å². The lowest BCUT2D eigenvalue weighted by molar-refractivity contribution is -0.118. The van der Waals surface area contributed by atoms with Crippen LogP contribution in [0, 0.1) is 17.2 Å². The molecule has 1 heterocycles. The first kappa shape index (κ1) is 19.2. The molecule has 0 unspecified atom stereocenters. The fraction of sp³-hybridized carbons (Fsp3) is 0.381. The van der Waals surface area contributed by atoms with Gasteiger partial charge in [-0.25, -0.2) is 4.98 Å². The third kappa shape index (κ3) is 4.40. The fourth-order valence-electron chi connectivity index (χ4n) is 3.46. The smallest absolute Gasteiger partial charge is 0.262 e. The number of nitrogens with zero attached hydrogens (tertiary/aromatic N) is 2. The number of methoxy groups -OCH3 is 1. The van der Waals surface area contributed by atoms with Gasteiger partial charge in [-0.15, -0.1) is 0 Å². The maximum Gasteiger partial charge on any atom is 0.262 e. The Balaban J connectivity index is 1.89. The number of pyridine rings is 1. The highest BCUT2D eigenvalue weighted by Gasteiger charge is 2.24. The highest BCUT2D eigenvalue weighted by molar-refractivity contribution is 6.31. The summed E-state index contributed by atoms with van der Waals surface area (Å²) >= 11 is 6.27.